The molecule has 0 spiro atoms. The van der Waals surface area contributed by atoms with Gasteiger partial charge in [-0.1, -0.05) is 120 Å². The van der Waals surface area contributed by atoms with E-state index in [9.17, 15) is 40.5 Å². The van der Waals surface area contributed by atoms with Crippen LogP contribution in [0.2, 0.25) is 0 Å². The lowest BCUT2D eigenvalue weighted by Gasteiger charge is -2.42. The molecule has 11 unspecified atom stereocenters. The monoisotopic (exact) mass is 843 g/mol. The molecule has 7 N–H and O–H groups in total. The van der Waals surface area contributed by atoms with Crippen molar-refractivity contribution in [2.75, 3.05) is 33.0 Å². The number of aliphatic hydroxyl groups is 7. The van der Waals surface area contributed by atoms with Gasteiger partial charge in [-0.3, -0.25) is 4.79 Å². The second kappa shape index (κ2) is 33.6. The van der Waals surface area contributed by atoms with Crippen LogP contribution < -0.4 is 0 Å². The van der Waals surface area contributed by atoms with Crippen LogP contribution >= 0.6 is 0 Å². The molecule has 14 nitrogen and oxygen atoms in total. The van der Waals surface area contributed by atoms with Gasteiger partial charge in [0.15, 0.2) is 12.6 Å². The highest BCUT2D eigenvalue weighted by molar-refractivity contribution is 5.69. The highest BCUT2D eigenvalue weighted by atomic mass is 16.7. The summed E-state index contributed by atoms with van der Waals surface area (Å²) in [5.74, 6) is -0.396. The zero-order chi connectivity index (χ0) is 43.1. The molecule has 0 aromatic carbocycles. The summed E-state index contributed by atoms with van der Waals surface area (Å²) in [5.41, 5.74) is 0. The maximum atomic E-state index is 12.9. The summed E-state index contributed by atoms with van der Waals surface area (Å²) in [6.45, 7) is 3.47. The van der Waals surface area contributed by atoms with Crippen molar-refractivity contribution >= 4 is 5.97 Å². The lowest BCUT2D eigenvalue weighted by molar-refractivity contribution is -0.332. The molecule has 0 aromatic heterocycles. The molecule has 0 aromatic rings. The van der Waals surface area contributed by atoms with Crippen LogP contribution in [-0.2, 0) is 33.2 Å². The summed E-state index contributed by atoms with van der Waals surface area (Å²) in [5, 5.41) is 71.7. The van der Waals surface area contributed by atoms with E-state index in [1.165, 1.54) is 12.8 Å². The zero-order valence-electron chi connectivity index (χ0n) is 35.7. The number of rotatable bonds is 33. The lowest BCUT2D eigenvalue weighted by Crippen LogP contribution is -2.61. The van der Waals surface area contributed by atoms with Gasteiger partial charge in [0.05, 0.1) is 26.4 Å². The maximum absolute atomic E-state index is 12.9. The van der Waals surface area contributed by atoms with E-state index in [-0.39, 0.29) is 19.6 Å². The summed E-state index contributed by atoms with van der Waals surface area (Å²) in [6.07, 6.45) is 19.2. The zero-order valence-corrected chi connectivity index (χ0v) is 35.7. The van der Waals surface area contributed by atoms with Gasteiger partial charge >= 0.3 is 5.97 Å². The van der Waals surface area contributed by atoms with Crippen molar-refractivity contribution in [3.63, 3.8) is 0 Å². The van der Waals surface area contributed by atoms with Crippen molar-refractivity contribution in [1.82, 2.24) is 0 Å². The molecule has 0 radical (unpaired) electrons. The first-order valence-electron chi connectivity index (χ1n) is 22.2. The molecule has 2 aliphatic heterocycles. The largest absolute Gasteiger partial charge is 0.457 e. The number of hydrogen-bond donors (Lipinski definition) is 7. The van der Waals surface area contributed by atoms with Crippen molar-refractivity contribution in [2.24, 2.45) is 0 Å². The van der Waals surface area contributed by atoms with Crippen LogP contribution in [0.15, 0.2) is 48.6 Å². The second-order valence-electron chi connectivity index (χ2n) is 15.5. The molecule has 342 valence electrons. The first kappa shape index (κ1) is 53.1. The Bertz CT molecular complexity index is 1160. The van der Waals surface area contributed by atoms with E-state index in [4.69, 9.17) is 28.4 Å². The van der Waals surface area contributed by atoms with Gasteiger partial charge in [-0.05, 0) is 51.4 Å². The standard InChI is InChI=1S/C45H78O14/c1-3-5-7-9-11-12-13-14-15-16-17-18-19-20-21-22-23-24-26-28-37(47)57-34(31-54-29-27-25-10-8-6-4-2)32-55-44-43(53)41(51)39(49)36(59-44)33-56-45-42(52)40(50)38(48)35(30-46)58-45/h5,7,11-12,14-15,17-18,34-36,38-46,48-53H,3-4,6,8-10,13,16,19-33H2,1-2H3/b7-5-,12-11-,15-14-,18-17-. The fourth-order valence-corrected chi connectivity index (χ4v) is 6.69. The van der Waals surface area contributed by atoms with E-state index in [1.807, 2.05) is 0 Å². The third kappa shape index (κ3) is 22.6. The summed E-state index contributed by atoms with van der Waals surface area (Å²) < 4.78 is 34.0. The highest BCUT2D eigenvalue weighted by Crippen LogP contribution is 2.26. The Balaban J connectivity index is 1.76. The number of unbranched alkanes of at least 4 members (excludes halogenated alkanes) is 11. The molecule has 14 heteroatoms. The Hall–Kier alpha value is -2.05. The Kier molecular flexibility index (Phi) is 30.2. The van der Waals surface area contributed by atoms with Crippen LogP contribution in [-0.4, -0.2) is 142 Å². The van der Waals surface area contributed by atoms with Crippen molar-refractivity contribution in [2.45, 2.75) is 197 Å². The van der Waals surface area contributed by atoms with E-state index >= 15 is 0 Å². The summed E-state index contributed by atoms with van der Waals surface area (Å²) in [6, 6.07) is 0. The third-order valence-electron chi connectivity index (χ3n) is 10.4. The smallest absolute Gasteiger partial charge is 0.306 e. The van der Waals surface area contributed by atoms with E-state index in [2.05, 4.69) is 62.5 Å². The van der Waals surface area contributed by atoms with E-state index in [1.54, 1.807) is 0 Å². The van der Waals surface area contributed by atoms with E-state index in [0.29, 0.717) is 13.0 Å². The fourth-order valence-electron chi connectivity index (χ4n) is 6.69. The molecule has 2 aliphatic rings. The van der Waals surface area contributed by atoms with E-state index in [0.717, 1.165) is 89.9 Å². The van der Waals surface area contributed by atoms with Crippen molar-refractivity contribution in [1.29, 1.82) is 0 Å². The van der Waals surface area contributed by atoms with Crippen LogP contribution in [0.4, 0.5) is 0 Å². The third-order valence-corrected chi connectivity index (χ3v) is 10.4. The predicted molar refractivity (Wildman–Crippen MR) is 224 cm³/mol. The van der Waals surface area contributed by atoms with Gasteiger partial charge in [-0.25, -0.2) is 0 Å². The minimum absolute atomic E-state index is 0.0532. The number of hydrogen-bond acceptors (Lipinski definition) is 14. The molecule has 0 aliphatic carbocycles. The molecular weight excluding hydrogens is 764 g/mol. The van der Waals surface area contributed by atoms with Crippen molar-refractivity contribution in [3.05, 3.63) is 48.6 Å². The average molecular weight is 843 g/mol. The van der Waals surface area contributed by atoms with Gasteiger partial charge in [0.25, 0.3) is 0 Å². The Morgan fingerprint density at radius 3 is 1.73 bits per heavy atom. The summed E-state index contributed by atoms with van der Waals surface area (Å²) >= 11 is 0. The van der Waals surface area contributed by atoms with Gasteiger partial charge in [-0.15, -0.1) is 0 Å². The number of aliphatic hydroxyl groups excluding tert-OH is 7. The van der Waals surface area contributed by atoms with E-state index < -0.39 is 86.7 Å². The number of carbonyl (C=O) groups excluding carboxylic acids is 1. The van der Waals surface area contributed by atoms with Crippen LogP contribution in [0.25, 0.3) is 0 Å². The highest BCUT2D eigenvalue weighted by Gasteiger charge is 2.47. The van der Waals surface area contributed by atoms with Gasteiger partial charge in [-0.2, -0.15) is 0 Å². The molecule has 11 atom stereocenters. The number of allylic oxidation sites excluding steroid dienone is 8. The fraction of sp³-hybridized carbons (Fsp3) is 0.800. The Morgan fingerprint density at radius 2 is 1.10 bits per heavy atom. The molecule has 2 heterocycles. The van der Waals surface area contributed by atoms with Gasteiger partial charge in [0, 0.05) is 13.0 Å². The first-order valence-corrected chi connectivity index (χ1v) is 22.2. The Morgan fingerprint density at radius 1 is 0.576 bits per heavy atom. The lowest BCUT2D eigenvalue weighted by atomic mass is 9.98. The maximum Gasteiger partial charge on any atom is 0.306 e. The summed E-state index contributed by atoms with van der Waals surface area (Å²) in [7, 11) is 0. The van der Waals surface area contributed by atoms with Crippen LogP contribution in [0.5, 0.6) is 0 Å². The first-order chi connectivity index (χ1) is 28.6. The summed E-state index contributed by atoms with van der Waals surface area (Å²) in [4.78, 5) is 12.9. The normalized spacial score (nSPS) is 28.4. The van der Waals surface area contributed by atoms with Crippen molar-refractivity contribution < 1.29 is 69.0 Å². The molecule has 2 rings (SSSR count). The minimum atomic E-state index is -1.71. The molecule has 0 amide bonds. The van der Waals surface area contributed by atoms with Crippen LogP contribution in [0, 0.1) is 0 Å². The molecule has 2 fully saturated rings. The van der Waals surface area contributed by atoms with Crippen LogP contribution in [0.3, 0.4) is 0 Å². The Labute approximate surface area is 352 Å². The number of ether oxygens (including phenoxy) is 6. The average Bonchev–Trinajstić information content (AvgIpc) is 3.23. The van der Waals surface area contributed by atoms with Gasteiger partial charge < -0.3 is 64.2 Å². The molecule has 0 saturated carbocycles. The molecule has 59 heavy (non-hydrogen) atoms. The predicted octanol–water partition coefficient (Wildman–Crippen LogP) is 4.84. The molecular formula is C45H78O14. The van der Waals surface area contributed by atoms with Crippen LogP contribution in [0.1, 0.15) is 129 Å². The molecule has 0 bridgehead atoms. The topological polar surface area (TPSA) is 214 Å². The minimum Gasteiger partial charge on any atom is -0.457 e. The number of esters is 1. The number of carbonyl (C=O) groups is 1. The van der Waals surface area contributed by atoms with Gasteiger partial charge in [0.2, 0.25) is 0 Å². The quantitative estimate of drug-likeness (QED) is 0.0268. The second-order valence-corrected chi connectivity index (χ2v) is 15.5. The van der Waals surface area contributed by atoms with Gasteiger partial charge in [0.1, 0.15) is 54.9 Å². The SMILES string of the molecule is CC/C=C\C/C=C\C/C=C\C/C=C\CCCCCCCCC(=O)OC(COCCCCCCCC)COC1OC(COC2OC(CO)C(O)C(O)C2O)C(O)C(O)C1O. The molecule has 2 saturated heterocycles. The van der Waals surface area contributed by atoms with Crippen molar-refractivity contribution in [3.8, 4) is 0 Å².